The fourth-order valence-corrected chi connectivity index (χ4v) is 5.14. The molecular formula is C22H20Br2O. The lowest BCUT2D eigenvalue weighted by molar-refractivity contribution is 0.103. The molecule has 2 aliphatic rings. The minimum absolute atomic E-state index is 0.229. The fourth-order valence-electron chi connectivity index (χ4n) is 4.51. The third kappa shape index (κ3) is 2.43. The molecule has 0 saturated heterocycles. The molecule has 0 aliphatic heterocycles. The van der Waals surface area contributed by atoms with Crippen LogP contribution in [0, 0.1) is 27.7 Å². The van der Waals surface area contributed by atoms with Crippen LogP contribution in [0.5, 0.6) is 0 Å². The zero-order valence-corrected chi connectivity index (χ0v) is 18.1. The van der Waals surface area contributed by atoms with Crippen molar-refractivity contribution in [3.8, 4) is 0 Å². The van der Waals surface area contributed by atoms with Gasteiger partial charge in [0.05, 0.1) is 0 Å². The lowest BCUT2D eigenvalue weighted by Crippen LogP contribution is -2.02. The molecule has 0 saturated carbocycles. The molecule has 0 heterocycles. The minimum Gasteiger partial charge on any atom is -0.289 e. The van der Waals surface area contributed by atoms with E-state index in [2.05, 4.69) is 71.7 Å². The van der Waals surface area contributed by atoms with E-state index in [4.69, 9.17) is 0 Å². The highest BCUT2D eigenvalue weighted by Gasteiger charge is 2.33. The number of allylic oxidation sites excluding steroid dienone is 2. The molecule has 3 heteroatoms. The molecule has 0 aromatic heterocycles. The van der Waals surface area contributed by atoms with Crippen LogP contribution in [0.25, 0.3) is 5.57 Å². The average Bonchev–Trinajstić information content (AvgIpc) is 3.11. The molecule has 1 nitrogen and oxygen atoms in total. The van der Waals surface area contributed by atoms with E-state index in [1.807, 2.05) is 0 Å². The lowest BCUT2D eigenvalue weighted by atomic mass is 9.94. The zero-order valence-electron chi connectivity index (χ0n) is 14.9. The smallest absolute Gasteiger partial charge is 0.190 e. The first-order chi connectivity index (χ1) is 11.8. The zero-order chi connectivity index (χ0) is 18.0. The van der Waals surface area contributed by atoms with Gasteiger partial charge < -0.3 is 0 Å². The maximum Gasteiger partial charge on any atom is 0.190 e. The van der Waals surface area contributed by atoms with Crippen molar-refractivity contribution in [3.63, 3.8) is 0 Å². The number of halogens is 2. The predicted molar refractivity (Wildman–Crippen MR) is 111 cm³/mol. The van der Waals surface area contributed by atoms with Gasteiger partial charge in [0.1, 0.15) is 0 Å². The summed E-state index contributed by atoms with van der Waals surface area (Å²) in [4.78, 5) is 13.3. The molecule has 0 unspecified atom stereocenters. The van der Waals surface area contributed by atoms with Crippen molar-refractivity contribution >= 4 is 43.2 Å². The molecule has 25 heavy (non-hydrogen) atoms. The van der Waals surface area contributed by atoms with Gasteiger partial charge in [-0.05, 0) is 85.1 Å². The number of rotatable bonds is 0. The van der Waals surface area contributed by atoms with Gasteiger partial charge in [-0.3, -0.25) is 4.79 Å². The van der Waals surface area contributed by atoms with Crippen LogP contribution in [0.1, 0.15) is 55.7 Å². The number of carbonyl (C=O) groups excluding carboxylic acids is 1. The van der Waals surface area contributed by atoms with Crippen LogP contribution in [0.3, 0.4) is 0 Å². The second-order valence-electron chi connectivity index (χ2n) is 7.30. The molecule has 0 fully saturated rings. The third-order valence-corrected chi connectivity index (χ3v) is 8.14. The number of fused-ring (bicyclic) bond motifs is 2. The minimum atomic E-state index is 0.229. The fraction of sp³-hybridized carbons (Fsp3) is 0.318. The van der Waals surface area contributed by atoms with Gasteiger partial charge in [0.2, 0.25) is 0 Å². The quantitative estimate of drug-likeness (QED) is 0.406. The van der Waals surface area contributed by atoms with E-state index in [9.17, 15) is 4.79 Å². The highest BCUT2D eigenvalue weighted by molar-refractivity contribution is 9.10. The van der Waals surface area contributed by atoms with Gasteiger partial charge in [0.25, 0.3) is 0 Å². The van der Waals surface area contributed by atoms with Crippen molar-refractivity contribution in [1.29, 1.82) is 0 Å². The summed E-state index contributed by atoms with van der Waals surface area (Å²) in [5.41, 5.74) is 11.9. The molecular weight excluding hydrogens is 440 g/mol. The Bertz CT molecular complexity index is 996. The van der Waals surface area contributed by atoms with Crippen LogP contribution in [0.4, 0.5) is 0 Å². The highest BCUT2D eigenvalue weighted by atomic mass is 79.9. The van der Waals surface area contributed by atoms with Crippen LogP contribution in [0.2, 0.25) is 0 Å². The van der Waals surface area contributed by atoms with Gasteiger partial charge in [-0.1, -0.05) is 44.0 Å². The first-order valence-corrected chi connectivity index (χ1v) is 10.2. The summed E-state index contributed by atoms with van der Waals surface area (Å²) in [6, 6.07) is 4.45. The van der Waals surface area contributed by atoms with E-state index in [1.54, 1.807) is 0 Å². The number of ketones is 1. The Hall–Kier alpha value is -1.19. The summed E-state index contributed by atoms with van der Waals surface area (Å²) in [7, 11) is 0. The Morgan fingerprint density at radius 2 is 1.32 bits per heavy atom. The molecule has 0 spiro atoms. The molecule has 4 rings (SSSR count). The Balaban J connectivity index is 1.93. The molecule has 0 amide bonds. The Labute approximate surface area is 165 Å². The van der Waals surface area contributed by atoms with E-state index in [-0.39, 0.29) is 5.78 Å². The van der Waals surface area contributed by atoms with Gasteiger partial charge in [-0.15, -0.1) is 0 Å². The second kappa shape index (κ2) is 5.92. The predicted octanol–water partition coefficient (Wildman–Crippen LogP) is 6.58. The topological polar surface area (TPSA) is 17.1 Å². The Morgan fingerprint density at radius 1 is 0.760 bits per heavy atom. The molecule has 2 aliphatic carbocycles. The number of carbonyl (C=O) groups is 1. The maximum atomic E-state index is 13.3. The van der Waals surface area contributed by atoms with E-state index < -0.39 is 0 Å². The summed E-state index contributed by atoms with van der Waals surface area (Å²) >= 11 is 7.37. The van der Waals surface area contributed by atoms with Crippen molar-refractivity contribution in [2.45, 2.75) is 47.0 Å². The number of aryl methyl sites for hydroxylation is 3. The summed E-state index contributed by atoms with van der Waals surface area (Å²) in [5, 5.41) is 0. The van der Waals surface area contributed by atoms with Crippen molar-refractivity contribution < 1.29 is 4.79 Å². The Kier molecular flexibility index (Phi) is 4.08. The number of hydrogen-bond donors (Lipinski definition) is 0. The van der Waals surface area contributed by atoms with E-state index in [0.717, 1.165) is 40.4 Å². The van der Waals surface area contributed by atoms with Crippen LogP contribution in [0.15, 0.2) is 26.7 Å². The van der Waals surface area contributed by atoms with E-state index >= 15 is 0 Å². The highest BCUT2D eigenvalue weighted by Crippen LogP contribution is 2.45. The van der Waals surface area contributed by atoms with Crippen molar-refractivity contribution in [2.24, 2.45) is 0 Å². The first-order valence-electron chi connectivity index (χ1n) is 8.65. The summed E-state index contributed by atoms with van der Waals surface area (Å²) in [6.07, 6.45) is 2.78. The van der Waals surface area contributed by atoms with Crippen LogP contribution < -0.4 is 0 Å². The normalized spacial score (nSPS) is 18.7. The van der Waals surface area contributed by atoms with E-state index in [1.165, 1.54) is 43.4 Å². The number of benzene rings is 2. The van der Waals surface area contributed by atoms with Crippen molar-refractivity contribution in [2.75, 3.05) is 0 Å². The third-order valence-electron chi connectivity index (χ3n) is 5.70. The first kappa shape index (κ1) is 17.2. The van der Waals surface area contributed by atoms with Crippen LogP contribution >= 0.6 is 31.9 Å². The number of Topliss-reactive ketones (excluding diaryl/α,β-unsaturated/α-hetero) is 1. The van der Waals surface area contributed by atoms with Gasteiger partial charge in [0.15, 0.2) is 5.78 Å². The SMILES string of the molecule is Cc1cc2c(c(C)c1Br)C(=O)/C(=C1/CCc3cc(C)c(Br)c(C)c31)C2. The molecule has 0 N–H and O–H groups in total. The number of hydrogen-bond acceptors (Lipinski definition) is 1. The second-order valence-corrected chi connectivity index (χ2v) is 8.88. The average molecular weight is 460 g/mol. The summed E-state index contributed by atoms with van der Waals surface area (Å²) in [5.74, 6) is 0.229. The largest absolute Gasteiger partial charge is 0.289 e. The standard InChI is InChI=1S/C22H20Br2O/c1-10-7-14-5-6-16(18(14)12(3)20(10)23)17-9-15-8-11(2)21(24)13(4)19(15)22(17)25/h7-8H,5-6,9H2,1-4H3/b17-16-. The molecule has 128 valence electrons. The Morgan fingerprint density at radius 3 is 1.96 bits per heavy atom. The van der Waals surface area contributed by atoms with Gasteiger partial charge in [-0.25, -0.2) is 0 Å². The van der Waals surface area contributed by atoms with Crippen LogP contribution in [-0.4, -0.2) is 5.78 Å². The monoisotopic (exact) mass is 458 g/mol. The van der Waals surface area contributed by atoms with Gasteiger partial charge in [-0.2, -0.15) is 0 Å². The van der Waals surface area contributed by atoms with Crippen LogP contribution in [-0.2, 0) is 12.8 Å². The molecule has 0 radical (unpaired) electrons. The van der Waals surface area contributed by atoms with Crippen molar-refractivity contribution in [1.82, 2.24) is 0 Å². The van der Waals surface area contributed by atoms with Gasteiger partial charge in [0, 0.05) is 26.5 Å². The lowest BCUT2D eigenvalue weighted by Gasteiger charge is -2.13. The summed E-state index contributed by atoms with van der Waals surface area (Å²) < 4.78 is 2.23. The molecule has 2 aromatic carbocycles. The van der Waals surface area contributed by atoms with E-state index in [0.29, 0.717) is 0 Å². The molecule has 2 aromatic rings. The van der Waals surface area contributed by atoms with Crippen molar-refractivity contribution in [3.05, 3.63) is 71.2 Å². The maximum absolute atomic E-state index is 13.3. The van der Waals surface area contributed by atoms with Gasteiger partial charge >= 0.3 is 0 Å². The summed E-state index contributed by atoms with van der Waals surface area (Å²) in [6.45, 7) is 8.46. The molecule has 0 atom stereocenters. The molecule has 0 bridgehead atoms.